The predicted octanol–water partition coefficient (Wildman–Crippen LogP) is 4.19. The quantitative estimate of drug-likeness (QED) is 0.292. The first-order chi connectivity index (χ1) is 22.2. The van der Waals surface area contributed by atoms with Crippen LogP contribution < -0.4 is 19.7 Å². The zero-order valence-electron chi connectivity index (χ0n) is 25.5. The number of sulfonamides is 1. The van der Waals surface area contributed by atoms with Crippen molar-refractivity contribution >= 4 is 27.7 Å². The molecular weight excluding hydrogens is 643 g/mol. The van der Waals surface area contributed by atoms with Gasteiger partial charge in [0, 0.05) is 24.8 Å². The van der Waals surface area contributed by atoms with Crippen LogP contribution in [-0.4, -0.2) is 74.5 Å². The summed E-state index contributed by atoms with van der Waals surface area (Å²) in [6.07, 6.45) is -8.41. The van der Waals surface area contributed by atoms with Gasteiger partial charge in [0.2, 0.25) is 16.8 Å². The SMILES string of the molecule is CC(C)CN(C[C@@H](O)[C@H](Cc1ccccc1)NC(=O)[C@@H]1CN(c2cccc(C(F)(F)F)c2)C(=O)O1)S(=O)(=O)c1ccc2c(c1)OCO2. The Labute approximate surface area is 269 Å². The highest BCUT2D eigenvalue weighted by atomic mass is 32.2. The molecule has 0 aromatic heterocycles. The number of aliphatic hydroxyl groups is 1. The van der Waals surface area contributed by atoms with Gasteiger partial charge in [0.15, 0.2) is 17.6 Å². The number of amides is 2. The minimum Gasteiger partial charge on any atom is -0.454 e. The van der Waals surface area contributed by atoms with Crippen molar-refractivity contribution in [3.8, 4) is 11.5 Å². The summed E-state index contributed by atoms with van der Waals surface area (Å²) in [5.74, 6) is -0.255. The average molecular weight is 678 g/mol. The Balaban J connectivity index is 1.35. The summed E-state index contributed by atoms with van der Waals surface area (Å²) in [5, 5.41) is 14.2. The van der Waals surface area contributed by atoms with Crippen molar-refractivity contribution in [1.82, 2.24) is 9.62 Å². The third-order valence-corrected chi connectivity index (χ3v) is 9.45. The van der Waals surface area contributed by atoms with Crippen LogP contribution in [0.2, 0.25) is 0 Å². The van der Waals surface area contributed by atoms with E-state index in [0.717, 1.165) is 33.0 Å². The average Bonchev–Trinajstić information content (AvgIpc) is 3.66. The van der Waals surface area contributed by atoms with Gasteiger partial charge in [-0.25, -0.2) is 13.2 Å². The summed E-state index contributed by atoms with van der Waals surface area (Å²) in [7, 11) is -4.15. The summed E-state index contributed by atoms with van der Waals surface area (Å²) in [6.45, 7) is 2.88. The fourth-order valence-corrected chi connectivity index (χ4v) is 6.93. The number of alkyl halides is 3. The van der Waals surface area contributed by atoms with Crippen LogP contribution in [0.5, 0.6) is 11.5 Å². The zero-order chi connectivity index (χ0) is 33.9. The lowest BCUT2D eigenvalue weighted by Crippen LogP contribution is -2.53. The molecule has 47 heavy (non-hydrogen) atoms. The van der Waals surface area contributed by atoms with Crippen LogP contribution in [0.25, 0.3) is 0 Å². The molecule has 252 valence electrons. The smallest absolute Gasteiger partial charge is 0.416 e. The van der Waals surface area contributed by atoms with Crippen molar-refractivity contribution < 1.29 is 50.5 Å². The lowest BCUT2D eigenvalue weighted by atomic mass is 10.0. The van der Waals surface area contributed by atoms with Gasteiger partial charge in [-0.3, -0.25) is 9.69 Å². The van der Waals surface area contributed by atoms with E-state index >= 15 is 0 Å². The van der Waals surface area contributed by atoms with Gasteiger partial charge in [0.05, 0.1) is 29.1 Å². The molecule has 2 amide bonds. The maximum Gasteiger partial charge on any atom is 0.416 e. The van der Waals surface area contributed by atoms with Crippen LogP contribution in [0.1, 0.15) is 25.0 Å². The number of aliphatic hydroxyl groups excluding tert-OH is 1. The van der Waals surface area contributed by atoms with Gasteiger partial charge < -0.3 is 24.6 Å². The molecule has 0 aliphatic carbocycles. The van der Waals surface area contributed by atoms with Crippen LogP contribution in [0.4, 0.5) is 23.7 Å². The molecule has 3 aromatic carbocycles. The summed E-state index contributed by atoms with van der Waals surface area (Å²) in [4.78, 5) is 26.9. The van der Waals surface area contributed by atoms with Crippen LogP contribution in [-0.2, 0) is 32.2 Å². The van der Waals surface area contributed by atoms with Crippen LogP contribution >= 0.6 is 0 Å². The molecule has 11 nitrogen and oxygen atoms in total. The summed E-state index contributed by atoms with van der Waals surface area (Å²) < 4.78 is 84.4. The number of benzene rings is 3. The van der Waals surface area contributed by atoms with Crippen molar-refractivity contribution in [1.29, 1.82) is 0 Å². The highest BCUT2D eigenvalue weighted by Gasteiger charge is 2.40. The van der Waals surface area contributed by atoms with E-state index in [0.29, 0.717) is 5.75 Å². The van der Waals surface area contributed by atoms with E-state index in [4.69, 9.17) is 14.2 Å². The van der Waals surface area contributed by atoms with Crippen molar-refractivity contribution in [2.75, 3.05) is 31.3 Å². The van der Waals surface area contributed by atoms with E-state index in [1.165, 1.54) is 24.3 Å². The Morgan fingerprint density at radius 1 is 1.02 bits per heavy atom. The number of nitrogens with zero attached hydrogens (tertiary/aromatic N) is 2. The molecule has 0 spiro atoms. The van der Waals surface area contributed by atoms with E-state index in [-0.39, 0.29) is 48.6 Å². The molecular formula is C32H34F3N3O8S. The number of halogens is 3. The highest BCUT2D eigenvalue weighted by molar-refractivity contribution is 7.89. The summed E-state index contributed by atoms with van der Waals surface area (Å²) in [6, 6.07) is 16.1. The molecule has 5 rings (SSSR count). The van der Waals surface area contributed by atoms with Crippen molar-refractivity contribution in [3.05, 3.63) is 83.9 Å². The minimum atomic E-state index is -4.64. The van der Waals surface area contributed by atoms with Crippen LogP contribution in [0, 0.1) is 5.92 Å². The molecule has 1 fully saturated rings. The first-order valence-electron chi connectivity index (χ1n) is 14.8. The van der Waals surface area contributed by atoms with Gasteiger partial charge in [0.1, 0.15) is 0 Å². The summed E-state index contributed by atoms with van der Waals surface area (Å²) in [5.41, 5.74) is -0.345. The number of cyclic esters (lactones) is 1. The molecule has 3 atom stereocenters. The van der Waals surface area contributed by atoms with Gasteiger partial charge >= 0.3 is 12.3 Å². The second-order valence-electron chi connectivity index (χ2n) is 11.6. The number of rotatable bonds is 12. The summed E-state index contributed by atoms with van der Waals surface area (Å²) >= 11 is 0. The molecule has 0 bridgehead atoms. The Morgan fingerprint density at radius 2 is 1.74 bits per heavy atom. The fraction of sp³-hybridized carbons (Fsp3) is 0.375. The molecule has 0 radical (unpaired) electrons. The predicted molar refractivity (Wildman–Crippen MR) is 163 cm³/mol. The first-order valence-corrected chi connectivity index (χ1v) is 16.2. The van der Waals surface area contributed by atoms with E-state index in [1.807, 2.05) is 13.8 Å². The molecule has 15 heteroatoms. The normalized spacial score (nSPS) is 17.6. The maximum atomic E-state index is 13.8. The second kappa shape index (κ2) is 13.8. The van der Waals surface area contributed by atoms with Crippen LogP contribution in [0.15, 0.2) is 77.7 Å². The monoisotopic (exact) mass is 677 g/mol. The van der Waals surface area contributed by atoms with Crippen molar-refractivity contribution in [2.45, 2.75) is 49.6 Å². The Kier molecular flexibility index (Phi) is 9.98. The molecule has 3 aromatic rings. The third kappa shape index (κ3) is 7.97. The standard InChI is InChI=1S/C32H34F3N3O8S/c1-20(2)16-37(47(42,43)24-11-12-27-28(15-24)45-19-44-27)17-26(39)25(13-21-7-4-3-5-8-21)36-30(40)29-18-38(31(41)46-29)23-10-6-9-22(14-23)32(33,34)35/h3-12,14-15,20,25-26,29,39H,13,16-19H2,1-2H3,(H,36,40)/t25-,26+,29-/m0/s1. The molecule has 0 saturated carbocycles. The minimum absolute atomic E-state index is 0.0396. The largest absolute Gasteiger partial charge is 0.454 e. The number of hydrogen-bond donors (Lipinski definition) is 2. The Hall–Kier alpha value is -4.34. The van der Waals surface area contributed by atoms with Gasteiger partial charge in [-0.1, -0.05) is 50.2 Å². The Morgan fingerprint density at radius 3 is 2.45 bits per heavy atom. The molecule has 2 heterocycles. The van der Waals surface area contributed by atoms with E-state index in [1.54, 1.807) is 30.3 Å². The third-order valence-electron chi connectivity index (χ3n) is 7.62. The Bertz CT molecular complexity index is 1710. The molecule has 1 saturated heterocycles. The first kappa shape index (κ1) is 34.0. The molecule has 2 aliphatic heterocycles. The maximum absolute atomic E-state index is 13.8. The van der Waals surface area contributed by atoms with Gasteiger partial charge in [-0.15, -0.1) is 0 Å². The molecule has 0 unspecified atom stereocenters. The number of ether oxygens (including phenoxy) is 3. The second-order valence-corrected chi connectivity index (χ2v) is 13.6. The van der Waals surface area contributed by atoms with Gasteiger partial charge in [0.25, 0.3) is 5.91 Å². The van der Waals surface area contributed by atoms with E-state index < -0.39 is 58.6 Å². The lowest BCUT2D eigenvalue weighted by molar-refractivity contribution is -0.137. The number of anilines is 1. The number of carbonyl (C=O) groups excluding carboxylic acids is 2. The molecule has 2 N–H and O–H groups in total. The molecule has 2 aliphatic rings. The number of nitrogens with one attached hydrogen (secondary N) is 1. The van der Waals surface area contributed by atoms with Crippen molar-refractivity contribution in [3.63, 3.8) is 0 Å². The fourth-order valence-electron chi connectivity index (χ4n) is 5.29. The number of fused-ring (bicyclic) bond motifs is 1. The highest BCUT2D eigenvalue weighted by Crippen LogP contribution is 2.35. The van der Waals surface area contributed by atoms with Gasteiger partial charge in [-0.05, 0) is 48.2 Å². The van der Waals surface area contributed by atoms with Gasteiger partial charge in [-0.2, -0.15) is 17.5 Å². The number of hydrogen-bond acceptors (Lipinski definition) is 8. The lowest BCUT2D eigenvalue weighted by Gasteiger charge is -2.31. The van der Waals surface area contributed by atoms with E-state index in [9.17, 15) is 36.3 Å². The van der Waals surface area contributed by atoms with Crippen molar-refractivity contribution in [2.24, 2.45) is 5.92 Å². The zero-order valence-corrected chi connectivity index (χ0v) is 26.3. The van der Waals surface area contributed by atoms with Crippen LogP contribution in [0.3, 0.4) is 0 Å². The van der Waals surface area contributed by atoms with E-state index in [2.05, 4.69) is 5.32 Å². The topological polar surface area (TPSA) is 135 Å². The number of carbonyl (C=O) groups is 2.